The predicted molar refractivity (Wildman–Crippen MR) is 149 cm³/mol. The zero-order chi connectivity index (χ0) is 26.6. The van der Waals surface area contributed by atoms with E-state index in [1.165, 1.54) is 0 Å². The van der Waals surface area contributed by atoms with Crippen molar-refractivity contribution in [3.63, 3.8) is 0 Å². The molecule has 1 spiro atoms. The molecule has 208 valence electrons. The Bertz CT molecular complexity index is 801. The first-order chi connectivity index (χ1) is 16.7. The van der Waals surface area contributed by atoms with Gasteiger partial charge in [0.05, 0.1) is 19.3 Å². The van der Waals surface area contributed by atoms with Crippen LogP contribution in [0.5, 0.6) is 0 Å². The highest BCUT2D eigenvalue weighted by atomic mass is 28.4. The van der Waals surface area contributed by atoms with Gasteiger partial charge in [-0.2, -0.15) is 0 Å². The molecule has 3 saturated carbocycles. The van der Waals surface area contributed by atoms with Gasteiger partial charge in [-0.05, 0) is 93.9 Å². The molecule has 0 aromatic heterocycles. The lowest BCUT2D eigenvalue weighted by atomic mass is 9.51. The first kappa shape index (κ1) is 28.8. The summed E-state index contributed by atoms with van der Waals surface area (Å²) in [4.78, 5) is 2.22. The van der Waals surface area contributed by atoms with Crippen LogP contribution < -0.4 is 0 Å². The van der Waals surface area contributed by atoms with Crippen LogP contribution in [-0.2, 0) is 13.9 Å². The Kier molecular flexibility index (Phi) is 8.03. The van der Waals surface area contributed by atoms with E-state index in [-0.39, 0.29) is 27.9 Å². The first-order valence-electron chi connectivity index (χ1n) is 14.6. The van der Waals surface area contributed by atoms with E-state index < -0.39 is 14.1 Å². The number of fused-ring (bicyclic) bond motifs is 2. The Balaban J connectivity index is 1.56. The molecule has 1 saturated heterocycles. The molecule has 1 aliphatic heterocycles. The third kappa shape index (κ3) is 4.93. The molecule has 5 nitrogen and oxygen atoms in total. The zero-order valence-electron chi connectivity index (χ0n) is 24.7. The van der Waals surface area contributed by atoms with E-state index in [0.29, 0.717) is 31.2 Å². The number of likely N-dealkylation sites (N-methyl/N-ethyl adjacent to an activating group) is 1. The van der Waals surface area contributed by atoms with E-state index in [0.717, 1.165) is 51.5 Å². The van der Waals surface area contributed by atoms with E-state index >= 15 is 0 Å². The van der Waals surface area contributed by atoms with Crippen LogP contribution in [0.3, 0.4) is 0 Å². The van der Waals surface area contributed by atoms with Crippen molar-refractivity contribution in [1.29, 1.82) is 0 Å². The lowest BCUT2D eigenvalue weighted by molar-refractivity contribution is -0.249. The van der Waals surface area contributed by atoms with Crippen LogP contribution in [0.25, 0.3) is 0 Å². The molecule has 36 heavy (non-hydrogen) atoms. The quantitative estimate of drug-likeness (QED) is 0.332. The molecular weight excluding hydrogens is 466 g/mol. The van der Waals surface area contributed by atoms with Gasteiger partial charge in [0.2, 0.25) is 0 Å². The molecule has 0 aromatic rings. The number of rotatable bonds is 6. The molecule has 0 amide bonds. The Labute approximate surface area is 222 Å². The molecule has 7 atom stereocenters. The van der Waals surface area contributed by atoms with Crippen LogP contribution in [0, 0.1) is 28.6 Å². The smallest absolute Gasteiger partial charge is 0.192 e. The number of aliphatic hydroxyl groups is 1. The number of ether oxygens (including phenoxy) is 2. The zero-order valence-corrected chi connectivity index (χ0v) is 25.7. The average Bonchev–Trinajstić information content (AvgIpc) is 3.36. The van der Waals surface area contributed by atoms with Crippen molar-refractivity contribution >= 4 is 8.32 Å². The largest absolute Gasteiger partial charge is 0.414 e. The molecular formula is C30H55NO4Si. The lowest BCUT2D eigenvalue weighted by Gasteiger charge is -2.57. The molecule has 4 rings (SSSR count). The summed E-state index contributed by atoms with van der Waals surface area (Å²) in [6.07, 6.45) is 12.2. The Morgan fingerprint density at radius 1 is 1.00 bits per heavy atom. The third-order valence-electron chi connectivity index (χ3n) is 11.3. The fraction of sp³-hybridized carbons (Fsp3) is 0.933. The topological polar surface area (TPSA) is 51.2 Å². The minimum absolute atomic E-state index is 0.0734. The summed E-state index contributed by atoms with van der Waals surface area (Å²) in [5.41, 5.74) is -0.0152. The van der Waals surface area contributed by atoms with Crippen LogP contribution in [0.15, 0.2) is 12.2 Å². The molecule has 2 unspecified atom stereocenters. The van der Waals surface area contributed by atoms with Crippen LogP contribution in [0.2, 0.25) is 18.1 Å². The van der Waals surface area contributed by atoms with Gasteiger partial charge in [0, 0.05) is 24.5 Å². The van der Waals surface area contributed by atoms with Crippen LogP contribution in [-0.4, -0.2) is 70.2 Å². The summed E-state index contributed by atoms with van der Waals surface area (Å²) in [5.74, 6) is 0.498. The normalized spacial score (nSPS) is 41.5. The number of hydrogen-bond donors (Lipinski definition) is 1. The van der Waals surface area contributed by atoms with Crippen molar-refractivity contribution in [2.75, 3.05) is 33.9 Å². The van der Waals surface area contributed by atoms with E-state index in [1.54, 1.807) is 0 Å². The minimum atomic E-state index is -1.83. The Morgan fingerprint density at radius 2 is 1.64 bits per heavy atom. The van der Waals surface area contributed by atoms with Crippen molar-refractivity contribution in [3.8, 4) is 0 Å². The summed E-state index contributed by atoms with van der Waals surface area (Å²) >= 11 is 0. The summed E-state index contributed by atoms with van der Waals surface area (Å²) in [6.45, 7) is 18.9. The van der Waals surface area contributed by atoms with Gasteiger partial charge in [-0.25, -0.2) is 0 Å². The van der Waals surface area contributed by atoms with Crippen LogP contribution >= 0.6 is 0 Å². The van der Waals surface area contributed by atoms with Gasteiger partial charge >= 0.3 is 0 Å². The van der Waals surface area contributed by atoms with Crippen LogP contribution in [0.4, 0.5) is 0 Å². The highest BCUT2D eigenvalue weighted by Gasteiger charge is 2.66. The minimum Gasteiger partial charge on any atom is -0.414 e. The van der Waals surface area contributed by atoms with E-state index in [2.05, 4.69) is 78.9 Å². The van der Waals surface area contributed by atoms with Crippen molar-refractivity contribution in [1.82, 2.24) is 4.90 Å². The van der Waals surface area contributed by atoms with Crippen molar-refractivity contribution in [2.45, 2.75) is 116 Å². The third-order valence-corrected chi connectivity index (χ3v) is 15.9. The van der Waals surface area contributed by atoms with E-state index in [9.17, 15) is 5.11 Å². The summed E-state index contributed by atoms with van der Waals surface area (Å²) < 4.78 is 19.5. The first-order valence-corrected chi connectivity index (χ1v) is 17.5. The fourth-order valence-corrected chi connectivity index (χ4v) is 9.33. The maximum atomic E-state index is 12.0. The number of hydrogen-bond acceptors (Lipinski definition) is 5. The van der Waals surface area contributed by atoms with Gasteiger partial charge in [-0.3, -0.25) is 0 Å². The lowest BCUT2D eigenvalue weighted by Crippen LogP contribution is -2.57. The van der Waals surface area contributed by atoms with Gasteiger partial charge < -0.3 is 23.9 Å². The number of aliphatic hydroxyl groups excluding tert-OH is 1. The standard InChI is InChI=1S/C30H55NO4Si/c1-27(2,3)36(8,9)35-23-12-15-28(4,22(21-23)11-10-18-31(6)7)24-13-16-29(5)25(26(24)32)14-17-30(29)33-19-20-34-30/h10-11,22-26,32H,12-21H2,1-9H3/b11-10-/t22-,23-,24?,25?,26+,28-,29-/m0/s1. The van der Waals surface area contributed by atoms with Crippen molar-refractivity contribution < 1.29 is 19.0 Å². The van der Waals surface area contributed by atoms with Crippen LogP contribution in [0.1, 0.15) is 79.6 Å². The second-order valence-electron chi connectivity index (χ2n) is 14.7. The van der Waals surface area contributed by atoms with Gasteiger partial charge in [-0.1, -0.05) is 46.8 Å². The van der Waals surface area contributed by atoms with Gasteiger partial charge in [0.1, 0.15) is 0 Å². The predicted octanol–water partition coefficient (Wildman–Crippen LogP) is 6.23. The summed E-state index contributed by atoms with van der Waals surface area (Å²) in [5, 5.41) is 12.2. The molecule has 4 aliphatic rings. The van der Waals surface area contributed by atoms with Crippen molar-refractivity contribution in [2.24, 2.45) is 28.6 Å². The van der Waals surface area contributed by atoms with Gasteiger partial charge in [-0.15, -0.1) is 0 Å². The number of allylic oxidation sites excluding steroid dienone is 1. The monoisotopic (exact) mass is 521 g/mol. The van der Waals surface area contributed by atoms with Gasteiger partial charge in [0.15, 0.2) is 14.1 Å². The Hall–Kier alpha value is -0.243. The molecule has 4 fully saturated rings. The maximum absolute atomic E-state index is 12.0. The molecule has 0 aromatic carbocycles. The maximum Gasteiger partial charge on any atom is 0.192 e. The highest BCUT2D eigenvalue weighted by Crippen LogP contribution is 2.65. The average molecular weight is 522 g/mol. The highest BCUT2D eigenvalue weighted by molar-refractivity contribution is 6.74. The Morgan fingerprint density at radius 3 is 2.25 bits per heavy atom. The van der Waals surface area contributed by atoms with E-state index in [4.69, 9.17) is 13.9 Å². The molecule has 1 heterocycles. The number of nitrogens with zero attached hydrogens (tertiary/aromatic N) is 1. The molecule has 6 heteroatoms. The van der Waals surface area contributed by atoms with Gasteiger partial charge in [0.25, 0.3) is 0 Å². The summed E-state index contributed by atoms with van der Waals surface area (Å²) in [7, 11) is 2.43. The second-order valence-corrected chi connectivity index (χ2v) is 19.5. The molecule has 3 aliphatic carbocycles. The molecule has 0 radical (unpaired) electrons. The van der Waals surface area contributed by atoms with Crippen molar-refractivity contribution in [3.05, 3.63) is 12.2 Å². The molecule has 0 bridgehead atoms. The summed E-state index contributed by atoms with van der Waals surface area (Å²) in [6, 6.07) is 0. The van der Waals surface area contributed by atoms with E-state index in [1.807, 2.05) is 0 Å². The second kappa shape index (κ2) is 10.1. The SMILES string of the molecule is CN(C)C/C=C\[C@H]1C[C@@H](O[Si](C)(C)C(C)(C)C)CC[C@]1(C)C1CC[C@@]2(C)C(CCC23OCCO3)[C@@H]1O. The fourth-order valence-electron chi connectivity index (χ4n) is 7.93. The molecule has 1 N–H and O–H groups in total.